The average molecular weight is 251 g/mol. The van der Waals surface area contributed by atoms with E-state index in [4.69, 9.17) is 5.11 Å². The first-order valence-corrected chi connectivity index (χ1v) is 5.84. The minimum absolute atomic E-state index is 0.172. The molecule has 0 aliphatic rings. The first-order chi connectivity index (χ1) is 8.43. The first kappa shape index (κ1) is 14.2. The van der Waals surface area contributed by atoms with Crippen LogP contribution in [0.4, 0.5) is 0 Å². The van der Waals surface area contributed by atoms with Gasteiger partial charge in [-0.3, -0.25) is 4.79 Å². The number of carboxylic acids is 1. The molecule has 1 aromatic carbocycles. The number of amides is 1. The third-order valence-corrected chi connectivity index (χ3v) is 2.75. The monoisotopic (exact) mass is 251 g/mol. The van der Waals surface area contributed by atoms with Crippen LogP contribution in [0.25, 0.3) is 0 Å². The van der Waals surface area contributed by atoms with E-state index in [0.717, 1.165) is 5.56 Å². The molecule has 0 aliphatic carbocycles. The van der Waals surface area contributed by atoms with Gasteiger partial charge in [0.05, 0.1) is 0 Å². The van der Waals surface area contributed by atoms with Gasteiger partial charge in [-0.15, -0.1) is 0 Å². The van der Waals surface area contributed by atoms with Crippen LogP contribution in [0.5, 0.6) is 0 Å². The molecule has 0 aromatic heterocycles. The van der Waals surface area contributed by atoms with Crippen LogP contribution in [0.3, 0.4) is 0 Å². The zero-order valence-electron chi connectivity index (χ0n) is 10.6. The summed E-state index contributed by atoms with van der Waals surface area (Å²) in [5.74, 6) is -1.57. The van der Waals surface area contributed by atoms with Crippen molar-refractivity contribution in [3.05, 3.63) is 35.9 Å². The zero-order chi connectivity index (χ0) is 13.7. The molecule has 1 rings (SSSR count). The summed E-state index contributed by atoms with van der Waals surface area (Å²) in [5, 5.41) is 11.5. The van der Waals surface area contributed by atoms with E-state index in [1.807, 2.05) is 18.2 Å². The van der Waals surface area contributed by atoms with Crippen molar-refractivity contribution in [2.24, 2.45) is 5.92 Å². The highest BCUT2D eigenvalue weighted by atomic mass is 16.4. The number of aliphatic carboxylic acids is 1. The summed E-state index contributed by atoms with van der Waals surface area (Å²) >= 11 is 0. The zero-order valence-corrected chi connectivity index (χ0v) is 10.6. The highest BCUT2D eigenvalue weighted by molar-refractivity contribution is 5.86. The molecule has 0 unspecified atom stereocenters. The van der Waals surface area contributed by atoms with Gasteiger partial charge < -0.3 is 16.2 Å². The van der Waals surface area contributed by atoms with Gasteiger partial charge in [0.1, 0.15) is 6.04 Å². The number of carboxylic acid groups (broad SMARTS) is 1. The third-order valence-electron chi connectivity index (χ3n) is 2.75. The van der Waals surface area contributed by atoms with E-state index in [1.54, 1.807) is 26.0 Å². The van der Waals surface area contributed by atoms with Crippen molar-refractivity contribution >= 4 is 11.9 Å². The summed E-state index contributed by atoms with van der Waals surface area (Å²) in [5.41, 5.74) is 4.54. The van der Waals surface area contributed by atoms with Crippen molar-refractivity contribution < 1.29 is 20.4 Å². The number of hydrogen-bond acceptors (Lipinski definition) is 2. The average Bonchev–Trinajstić information content (AvgIpc) is 2.35. The molecule has 0 fully saturated rings. The molecule has 18 heavy (non-hydrogen) atoms. The quantitative estimate of drug-likeness (QED) is 0.697. The molecule has 0 bridgehead atoms. The Labute approximate surface area is 106 Å². The van der Waals surface area contributed by atoms with Crippen molar-refractivity contribution in [1.82, 2.24) is 5.32 Å². The Balaban J connectivity index is 2.73. The number of carbonyl (C=O) groups excluding carboxylic acids is 1. The second-order valence-corrected chi connectivity index (χ2v) is 4.53. The number of hydrogen-bond donors (Lipinski definition) is 3. The maximum atomic E-state index is 11.9. The molecule has 0 saturated heterocycles. The topological polar surface area (TPSA) is 94.0 Å². The molecular formula is C13H19N2O3+. The van der Waals surface area contributed by atoms with Crippen molar-refractivity contribution in [1.29, 1.82) is 0 Å². The lowest BCUT2D eigenvalue weighted by Crippen LogP contribution is -2.62. The Kier molecular flexibility index (Phi) is 4.85. The van der Waals surface area contributed by atoms with Gasteiger partial charge in [0.2, 0.25) is 0 Å². The number of rotatable bonds is 5. The highest BCUT2D eigenvalue weighted by Crippen LogP contribution is 2.09. The van der Waals surface area contributed by atoms with Crippen LogP contribution < -0.4 is 11.1 Å². The van der Waals surface area contributed by atoms with Gasteiger partial charge in [-0.25, -0.2) is 4.79 Å². The number of benzene rings is 1. The van der Waals surface area contributed by atoms with Gasteiger partial charge in [0.25, 0.3) is 5.91 Å². The Morgan fingerprint density at radius 1 is 1.22 bits per heavy atom. The standard InChI is InChI=1S/C13H18N2O3/c1-8(2)11(13(17)18)15-12(16)10(14)9-6-4-3-5-7-9/h3-8,10-11H,14H2,1-2H3,(H,15,16)(H,17,18)/p+1/t10-,11+/m1/s1. The molecule has 0 aliphatic heterocycles. The molecule has 2 atom stereocenters. The van der Waals surface area contributed by atoms with Crippen LogP contribution in [-0.4, -0.2) is 23.0 Å². The van der Waals surface area contributed by atoms with Gasteiger partial charge in [-0.1, -0.05) is 44.2 Å². The van der Waals surface area contributed by atoms with Gasteiger partial charge >= 0.3 is 5.97 Å². The van der Waals surface area contributed by atoms with Crippen LogP contribution >= 0.6 is 0 Å². The van der Waals surface area contributed by atoms with E-state index in [0.29, 0.717) is 0 Å². The maximum Gasteiger partial charge on any atom is 0.326 e. The highest BCUT2D eigenvalue weighted by Gasteiger charge is 2.28. The third kappa shape index (κ3) is 3.56. The Morgan fingerprint density at radius 2 is 1.78 bits per heavy atom. The van der Waals surface area contributed by atoms with Gasteiger partial charge in [0, 0.05) is 5.56 Å². The lowest BCUT2D eigenvalue weighted by molar-refractivity contribution is -0.409. The van der Waals surface area contributed by atoms with E-state index in [-0.39, 0.29) is 11.8 Å². The molecule has 0 radical (unpaired) electrons. The van der Waals surface area contributed by atoms with Gasteiger partial charge in [-0.05, 0) is 5.92 Å². The molecule has 0 saturated carbocycles. The largest absolute Gasteiger partial charge is 0.480 e. The Hall–Kier alpha value is -1.88. The Bertz CT molecular complexity index is 418. The van der Waals surface area contributed by atoms with Crippen LogP contribution in [0.15, 0.2) is 30.3 Å². The molecule has 5 heteroatoms. The molecule has 1 amide bonds. The summed E-state index contributed by atoms with van der Waals surface area (Å²) in [6.07, 6.45) is 0. The van der Waals surface area contributed by atoms with Crippen molar-refractivity contribution in [2.75, 3.05) is 0 Å². The summed E-state index contributed by atoms with van der Waals surface area (Å²) in [7, 11) is 0. The minimum Gasteiger partial charge on any atom is -0.480 e. The Morgan fingerprint density at radius 3 is 2.22 bits per heavy atom. The van der Waals surface area contributed by atoms with E-state index in [1.165, 1.54) is 0 Å². The van der Waals surface area contributed by atoms with Crippen LogP contribution in [0.2, 0.25) is 0 Å². The fourth-order valence-electron chi connectivity index (χ4n) is 1.60. The van der Waals surface area contributed by atoms with E-state index < -0.39 is 18.1 Å². The number of carbonyl (C=O) groups is 2. The number of quaternary nitrogens is 1. The molecule has 0 spiro atoms. The second kappa shape index (κ2) is 6.16. The van der Waals surface area contributed by atoms with Gasteiger partial charge in [-0.2, -0.15) is 0 Å². The SMILES string of the molecule is CC(C)[C@H](NC(=O)[C@H]([NH3+])c1ccccc1)C(=O)O. The van der Waals surface area contributed by atoms with E-state index in [2.05, 4.69) is 11.1 Å². The van der Waals surface area contributed by atoms with Crippen LogP contribution in [0, 0.1) is 5.92 Å². The molecule has 1 aromatic rings. The summed E-state index contributed by atoms with van der Waals surface area (Å²) in [6, 6.07) is 7.58. The van der Waals surface area contributed by atoms with Crippen LogP contribution in [-0.2, 0) is 9.59 Å². The summed E-state index contributed by atoms with van der Waals surface area (Å²) < 4.78 is 0. The summed E-state index contributed by atoms with van der Waals surface area (Å²) in [4.78, 5) is 22.9. The minimum atomic E-state index is -1.03. The van der Waals surface area contributed by atoms with Crippen LogP contribution in [0.1, 0.15) is 25.5 Å². The van der Waals surface area contributed by atoms with E-state index in [9.17, 15) is 9.59 Å². The molecule has 98 valence electrons. The normalized spacial score (nSPS) is 14.0. The fourth-order valence-corrected chi connectivity index (χ4v) is 1.60. The summed E-state index contributed by atoms with van der Waals surface area (Å²) in [6.45, 7) is 3.50. The molecule has 5 N–H and O–H groups in total. The fraction of sp³-hybridized carbons (Fsp3) is 0.385. The van der Waals surface area contributed by atoms with Crippen molar-refractivity contribution in [3.8, 4) is 0 Å². The van der Waals surface area contributed by atoms with Crippen molar-refractivity contribution in [2.45, 2.75) is 25.9 Å². The second-order valence-electron chi connectivity index (χ2n) is 4.53. The van der Waals surface area contributed by atoms with E-state index >= 15 is 0 Å². The first-order valence-electron chi connectivity index (χ1n) is 5.84. The molecule has 0 heterocycles. The van der Waals surface area contributed by atoms with Crippen molar-refractivity contribution in [3.63, 3.8) is 0 Å². The number of nitrogens with one attached hydrogen (secondary N) is 1. The molecule has 5 nitrogen and oxygen atoms in total. The molecular weight excluding hydrogens is 232 g/mol. The maximum absolute atomic E-state index is 11.9. The lowest BCUT2D eigenvalue weighted by Gasteiger charge is -2.19. The van der Waals surface area contributed by atoms with Gasteiger partial charge in [0.15, 0.2) is 6.04 Å². The predicted octanol–water partition coefficient (Wildman–Crippen LogP) is 0.195. The predicted molar refractivity (Wildman–Crippen MR) is 66.5 cm³/mol. The smallest absolute Gasteiger partial charge is 0.326 e. The lowest BCUT2D eigenvalue weighted by atomic mass is 10.0.